The Labute approximate surface area is 90.6 Å². The molecule has 5 atom stereocenters. The van der Waals surface area contributed by atoms with E-state index in [1.807, 2.05) is 0 Å². The van der Waals surface area contributed by atoms with Crippen LogP contribution in [0.5, 0.6) is 0 Å². The molecule has 1 saturated heterocycles. The van der Waals surface area contributed by atoms with Gasteiger partial charge in [-0.25, -0.2) is 4.79 Å². The molecule has 16 heavy (non-hydrogen) atoms. The van der Waals surface area contributed by atoms with Gasteiger partial charge in [-0.3, -0.25) is 0 Å². The molecule has 1 rings (SSSR count). The molecular weight excluding hydrogens is 224 g/mol. The highest BCUT2D eigenvalue weighted by Gasteiger charge is 2.44. The number of carboxylic acids is 1. The standard InChI is InChI=1S/C8H14O8/c9-1-3-5(12)7(15-2-4(10)11)6(13)8(14)16-3/h3,5-9,12-14H,1-2H2,(H,10,11)/t3-,5-,6-,7+,8+/m1/s1. The quantitative estimate of drug-likeness (QED) is 0.347. The molecule has 1 fully saturated rings. The van der Waals surface area contributed by atoms with Crippen LogP contribution in [-0.2, 0) is 14.3 Å². The molecular formula is C8H14O8. The second-order valence-electron chi connectivity index (χ2n) is 3.40. The maximum absolute atomic E-state index is 10.3. The third-order valence-corrected chi connectivity index (χ3v) is 2.24. The van der Waals surface area contributed by atoms with Crippen LogP contribution < -0.4 is 0 Å². The molecule has 0 aromatic rings. The summed E-state index contributed by atoms with van der Waals surface area (Å²) in [5.74, 6) is -1.28. The van der Waals surface area contributed by atoms with Crippen molar-refractivity contribution in [1.82, 2.24) is 0 Å². The third kappa shape index (κ3) is 2.88. The first kappa shape index (κ1) is 13.3. The van der Waals surface area contributed by atoms with Crippen molar-refractivity contribution in [1.29, 1.82) is 0 Å². The molecule has 1 heterocycles. The van der Waals surface area contributed by atoms with Crippen molar-refractivity contribution < 1.29 is 39.8 Å². The van der Waals surface area contributed by atoms with E-state index in [0.717, 1.165) is 0 Å². The lowest BCUT2D eigenvalue weighted by molar-refractivity contribution is -0.293. The zero-order chi connectivity index (χ0) is 12.3. The van der Waals surface area contributed by atoms with Crippen molar-refractivity contribution in [3.05, 3.63) is 0 Å². The molecule has 0 unspecified atom stereocenters. The summed E-state index contributed by atoms with van der Waals surface area (Å²) in [5.41, 5.74) is 0. The predicted molar refractivity (Wildman–Crippen MR) is 47.4 cm³/mol. The normalized spacial score (nSPS) is 39.6. The van der Waals surface area contributed by atoms with Crippen LogP contribution in [0, 0.1) is 0 Å². The summed E-state index contributed by atoms with van der Waals surface area (Å²) < 4.78 is 9.40. The van der Waals surface area contributed by atoms with Crippen LogP contribution in [0.3, 0.4) is 0 Å². The average molecular weight is 238 g/mol. The van der Waals surface area contributed by atoms with Gasteiger partial charge in [0.2, 0.25) is 0 Å². The number of hydrogen-bond acceptors (Lipinski definition) is 7. The fourth-order valence-corrected chi connectivity index (χ4v) is 1.43. The maximum Gasteiger partial charge on any atom is 0.329 e. The van der Waals surface area contributed by atoms with E-state index in [2.05, 4.69) is 4.74 Å². The molecule has 0 amide bonds. The highest BCUT2D eigenvalue weighted by Crippen LogP contribution is 2.22. The van der Waals surface area contributed by atoms with Gasteiger partial charge < -0.3 is 35.0 Å². The minimum Gasteiger partial charge on any atom is -0.480 e. The Hall–Kier alpha value is -0.770. The van der Waals surface area contributed by atoms with Crippen molar-refractivity contribution >= 4 is 5.97 Å². The number of ether oxygens (including phenoxy) is 2. The summed E-state index contributed by atoms with van der Waals surface area (Å²) in [6.45, 7) is -1.32. The first-order valence-corrected chi connectivity index (χ1v) is 4.61. The molecule has 94 valence electrons. The summed E-state index contributed by atoms with van der Waals surface area (Å²) in [6.07, 6.45) is -7.08. The van der Waals surface area contributed by atoms with Crippen molar-refractivity contribution in [2.24, 2.45) is 0 Å². The smallest absolute Gasteiger partial charge is 0.329 e. The number of carbonyl (C=O) groups is 1. The SMILES string of the molecule is O=C(O)CO[C@@H]1[C@@H](O)[C@@H](O)O[C@H](CO)[C@H]1O. The van der Waals surface area contributed by atoms with E-state index in [-0.39, 0.29) is 0 Å². The Kier molecular flexibility index (Phi) is 4.59. The van der Waals surface area contributed by atoms with Gasteiger partial charge in [0.1, 0.15) is 31.0 Å². The highest BCUT2D eigenvalue weighted by atomic mass is 16.6. The van der Waals surface area contributed by atoms with E-state index < -0.39 is 49.9 Å². The van der Waals surface area contributed by atoms with Gasteiger partial charge in [-0.05, 0) is 0 Å². The minimum atomic E-state index is -1.64. The van der Waals surface area contributed by atoms with E-state index in [9.17, 15) is 20.1 Å². The summed E-state index contributed by atoms with van der Waals surface area (Å²) in [6, 6.07) is 0. The second-order valence-corrected chi connectivity index (χ2v) is 3.40. The fraction of sp³-hybridized carbons (Fsp3) is 0.875. The van der Waals surface area contributed by atoms with Gasteiger partial charge in [-0.2, -0.15) is 0 Å². The first-order chi connectivity index (χ1) is 7.47. The van der Waals surface area contributed by atoms with Gasteiger partial charge in [0.15, 0.2) is 6.29 Å². The van der Waals surface area contributed by atoms with E-state index in [1.54, 1.807) is 0 Å². The van der Waals surface area contributed by atoms with E-state index in [0.29, 0.717) is 0 Å². The van der Waals surface area contributed by atoms with Crippen molar-refractivity contribution in [2.45, 2.75) is 30.7 Å². The Morgan fingerprint density at radius 3 is 2.38 bits per heavy atom. The van der Waals surface area contributed by atoms with Crippen LogP contribution in [0.4, 0.5) is 0 Å². The first-order valence-electron chi connectivity index (χ1n) is 4.61. The van der Waals surface area contributed by atoms with Gasteiger partial charge in [0, 0.05) is 0 Å². The van der Waals surface area contributed by atoms with Crippen LogP contribution in [0.2, 0.25) is 0 Å². The van der Waals surface area contributed by atoms with Gasteiger partial charge >= 0.3 is 5.97 Å². The molecule has 0 spiro atoms. The predicted octanol–water partition coefficient (Wildman–Crippen LogP) is -3.11. The second kappa shape index (κ2) is 5.53. The number of hydrogen-bond donors (Lipinski definition) is 5. The monoisotopic (exact) mass is 238 g/mol. The number of aliphatic carboxylic acids is 1. The van der Waals surface area contributed by atoms with Crippen molar-refractivity contribution in [2.75, 3.05) is 13.2 Å². The molecule has 0 radical (unpaired) electrons. The van der Waals surface area contributed by atoms with Crippen LogP contribution in [0.25, 0.3) is 0 Å². The van der Waals surface area contributed by atoms with Crippen molar-refractivity contribution in [3.8, 4) is 0 Å². The molecule has 0 aromatic heterocycles. The third-order valence-electron chi connectivity index (χ3n) is 2.24. The van der Waals surface area contributed by atoms with E-state index in [1.165, 1.54) is 0 Å². The van der Waals surface area contributed by atoms with E-state index >= 15 is 0 Å². The zero-order valence-corrected chi connectivity index (χ0v) is 8.26. The molecule has 0 bridgehead atoms. The Bertz CT molecular complexity index is 244. The Morgan fingerprint density at radius 1 is 1.25 bits per heavy atom. The molecule has 8 nitrogen and oxygen atoms in total. The van der Waals surface area contributed by atoms with Crippen LogP contribution in [-0.4, -0.2) is 75.4 Å². The van der Waals surface area contributed by atoms with Gasteiger partial charge in [0.25, 0.3) is 0 Å². The Balaban J connectivity index is 2.65. The van der Waals surface area contributed by atoms with Crippen molar-refractivity contribution in [3.63, 3.8) is 0 Å². The number of carboxylic acid groups (broad SMARTS) is 1. The largest absolute Gasteiger partial charge is 0.480 e. The Morgan fingerprint density at radius 2 is 1.88 bits per heavy atom. The van der Waals surface area contributed by atoms with E-state index in [4.69, 9.17) is 14.9 Å². The van der Waals surface area contributed by atoms with Crippen LogP contribution >= 0.6 is 0 Å². The molecule has 1 aliphatic heterocycles. The summed E-state index contributed by atoms with van der Waals surface area (Å²) in [4.78, 5) is 10.3. The topological polar surface area (TPSA) is 137 Å². The number of rotatable bonds is 4. The molecule has 0 aliphatic carbocycles. The zero-order valence-electron chi connectivity index (χ0n) is 8.26. The summed E-state index contributed by atoms with van der Waals surface area (Å²) in [5, 5.41) is 45.4. The maximum atomic E-state index is 10.3. The lowest BCUT2D eigenvalue weighted by Gasteiger charge is -2.39. The number of aliphatic hydroxyl groups is 4. The fourth-order valence-electron chi connectivity index (χ4n) is 1.43. The molecule has 0 aromatic carbocycles. The average Bonchev–Trinajstić information content (AvgIpc) is 2.23. The lowest BCUT2D eigenvalue weighted by Crippen LogP contribution is -2.59. The van der Waals surface area contributed by atoms with Gasteiger partial charge in [-0.15, -0.1) is 0 Å². The number of aliphatic hydroxyl groups excluding tert-OH is 4. The van der Waals surface area contributed by atoms with Gasteiger partial charge in [-0.1, -0.05) is 0 Å². The summed E-state index contributed by atoms with van der Waals surface area (Å²) >= 11 is 0. The molecule has 0 saturated carbocycles. The van der Waals surface area contributed by atoms with Gasteiger partial charge in [0.05, 0.1) is 6.61 Å². The minimum absolute atomic E-state index is 0.585. The molecule has 5 N–H and O–H groups in total. The lowest BCUT2D eigenvalue weighted by atomic mass is 9.99. The molecule has 8 heteroatoms. The van der Waals surface area contributed by atoms with Crippen LogP contribution in [0.15, 0.2) is 0 Å². The van der Waals surface area contributed by atoms with Crippen LogP contribution in [0.1, 0.15) is 0 Å². The highest BCUT2D eigenvalue weighted by molar-refractivity contribution is 5.68. The molecule has 1 aliphatic rings. The summed E-state index contributed by atoms with van der Waals surface area (Å²) in [7, 11) is 0.